The first-order chi connectivity index (χ1) is 9.34. The van der Waals surface area contributed by atoms with Crippen LogP contribution < -0.4 is 5.73 Å². The van der Waals surface area contributed by atoms with E-state index in [-0.39, 0.29) is 5.84 Å². The first-order valence-electron chi connectivity index (χ1n) is 6.06. The molecule has 0 aliphatic carbocycles. The molecule has 20 heavy (non-hydrogen) atoms. The predicted octanol–water partition coefficient (Wildman–Crippen LogP) is 3.84. The van der Waals surface area contributed by atoms with Gasteiger partial charge in [-0.3, -0.25) is 0 Å². The van der Waals surface area contributed by atoms with Crippen LogP contribution in [0.2, 0.25) is 10.0 Å². The van der Waals surface area contributed by atoms with E-state index >= 15 is 0 Å². The molecule has 0 aliphatic heterocycles. The number of amidine groups is 1. The van der Waals surface area contributed by atoms with Crippen molar-refractivity contribution in [3.8, 4) is 0 Å². The minimum Gasteiger partial charge on any atom is -0.386 e. The Morgan fingerprint density at radius 3 is 2.65 bits per heavy atom. The molecule has 0 unspecified atom stereocenters. The zero-order valence-electron chi connectivity index (χ0n) is 11.0. The van der Waals surface area contributed by atoms with Crippen molar-refractivity contribution < 1.29 is 8.42 Å². The van der Waals surface area contributed by atoms with E-state index in [0.29, 0.717) is 22.0 Å². The number of hydrogen-bond acceptors (Lipinski definition) is 2. The van der Waals surface area contributed by atoms with Gasteiger partial charge in [0.05, 0.1) is 15.5 Å². The number of rotatable bonds is 6. The highest BCUT2D eigenvalue weighted by atomic mass is 35.5. The molecule has 110 valence electrons. The topological polar surface area (TPSA) is 72.5 Å². The Labute approximate surface area is 129 Å². The molecule has 0 fully saturated rings. The SMILES string of the molecule is CCCCC(N)=NS(=O)(=O)/C=C/c1ccc(Cl)c(Cl)c1. The highest BCUT2D eigenvalue weighted by Crippen LogP contribution is 2.23. The molecule has 0 aliphatic rings. The summed E-state index contributed by atoms with van der Waals surface area (Å²) in [6.07, 6.45) is 3.60. The fourth-order valence-electron chi connectivity index (χ4n) is 1.38. The van der Waals surface area contributed by atoms with E-state index in [1.54, 1.807) is 18.2 Å². The third-order valence-corrected chi connectivity index (χ3v) is 4.12. The van der Waals surface area contributed by atoms with Crippen LogP contribution in [0.15, 0.2) is 28.0 Å². The maximum atomic E-state index is 11.7. The van der Waals surface area contributed by atoms with Crippen LogP contribution in [0.3, 0.4) is 0 Å². The average Bonchev–Trinajstić information content (AvgIpc) is 2.37. The van der Waals surface area contributed by atoms with Gasteiger partial charge in [-0.1, -0.05) is 42.6 Å². The molecule has 0 aromatic heterocycles. The van der Waals surface area contributed by atoms with E-state index in [0.717, 1.165) is 18.2 Å². The standard InChI is InChI=1S/C13H16Cl2N2O2S/c1-2-3-4-13(16)17-20(18,19)8-7-10-5-6-11(14)12(15)9-10/h5-9H,2-4H2,1H3,(H2,16,17)/b8-7+. The molecule has 0 saturated heterocycles. The van der Waals surface area contributed by atoms with Crippen LogP contribution in [-0.2, 0) is 10.0 Å². The molecular weight excluding hydrogens is 319 g/mol. The Kier molecular flexibility index (Phi) is 6.52. The maximum absolute atomic E-state index is 11.7. The van der Waals surface area contributed by atoms with Crippen LogP contribution in [0.5, 0.6) is 0 Å². The molecule has 0 radical (unpaired) electrons. The van der Waals surface area contributed by atoms with Crippen molar-refractivity contribution in [2.24, 2.45) is 10.1 Å². The van der Waals surface area contributed by atoms with Gasteiger partial charge < -0.3 is 5.73 Å². The highest BCUT2D eigenvalue weighted by molar-refractivity contribution is 7.93. The number of sulfonamides is 1. The quantitative estimate of drug-likeness (QED) is 0.634. The van der Waals surface area contributed by atoms with Crippen LogP contribution in [0.1, 0.15) is 31.7 Å². The van der Waals surface area contributed by atoms with E-state index in [2.05, 4.69) is 4.40 Å². The number of nitrogens with two attached hydrogens (primary N) is 1. The molecule has 1 aromatic carbocycles. The molecule has 0 heterocycles. The number of benzene rings is 1. The van der Waals surface area contributed by atoms with Gasteiger partial charge in [0, 0.05) is 6.42 Å². The Hall–Kier alpha value is -1.04. The summed E-state index contributed by atoms with van der Waals surface area (Å²) in [5.41, 5.74) is 6.17. The normalized spacial score (nSPS) is 13.1. The van der Waals surface area contributed by atoms with Crippen molar-refractivity contribution >= 4 is 45.1 Å². The predicted molar refractivity (Wildman–Crippen MR) is 85.6 cm³/mol. The lowest BCUT2D eigenvalue weighted by Gasteiger charge is -1.99. The minimum atomic E-state index is -3.73. The number of halogens is 2. The zero-order chi connectivity index (χ0) is 15.2. The maximum Gasteiger partial charge on any atom is 0.277 e. The van der Waals surface area contributed by atoms with E-state index in [1.165, 1.54) is 6.08 Å². The summed E-state index contributed by atoms with van der Waals surface area (Å²) >= 11 is 11.6. The highest BCUT2D eigenvalue weighted by Gasteiger charge is 2.05. The molecule has 0 spiro atoms. The second kappa shape index (κ2) is 7.67. The smallest absolute Gasteiger partial charge is 0.277 e. The second-order valence-corrected chi connectivity index (χ2v) is 6.48. The van der Waals surface area contributed by atoms with Gasteiger partial charge >= 0.3 is 0 Å². The van der Waals surface area contributed by atoms with Crippen molar-refractivity contribution in [1.82, 2.24) is 0 Å². The molecule has 4 nitrogen and oxygen atoms in total. The summed E-state index contributed by atoms with van der Waals surface area (Å²) in [5, 5.41) is 1.76. The largest absolute Gasteiger partial charge is 0.386 e. The molecule has 0 amide bonds. The third-order valence-electron chi connectivity index (χ3n) is 2.41. The van der Waals surface area contributed by atoms with Gasteiger partial charge in [-0.2, -0.15) is 8.42 Å². The van der Waals surface area contributed by atoms with Crippen molar-refractivity contribution in [1.29, 1.82) is 0 Å². The first kappa shape index (κ1) is 17.0. The summed E-state index contributed by atoms with van der Waals surface area (Å²) in [4.78, 5) is 0. The lowest BCUT2D eigenvalue weighted by molar-refractivity contribution is 0.606. The molecule has 0 atom stereocenters. The monoisotopic (exact) mass is 334 g/mol. The van der Waals surface area contributed by atoms with Crippen molar-refractivity contribution in [3.05, 3.63) is 39.2 Å². The average molecular weight is 335 g/mol. The molecular formula is C13H16Cl2N2O2S. The van der Waals surface area contributed by atoms with Crippen molar-refractivity contribution in [2.75, 3.05) is 0 Å². The Balaban J connectivity index is 2.84. The lowest BCUT2D eigenvalue weighted by atomic mass is 10.2. The van der Waals surface area contributed by atoms with Crippen LogP contribution in [0.4, 0.5) is 0 Å². The summed E-state index contributed by atoms with van der Waals surface area (Å²) < 4.78 is 27.0. The molecule has 7 heteroatoms. The van der Waals surface area contributed by atoms with Crippen LogP contribution in [0, 0.1) is 0 Å². The van der Waals surface area contributed by atoms with Crippen LogP contribution in [-0.4, -0.2) is 14.3 Å². The van der Waals surface area contributed by atoms with E-state index in [9.17, 15) is 8.42 Å². The number of nitrogens with zero attached hydrogens (tertiary/aromatic N) is 1. The summed E-state index contributed by atoms with van der Waals surface area (Å²) in [6, 6.07) is 4.82. The molecule has 2 N–H and O–H groups in total. The molecule has 0 bridgehead atoms. The van der Waals surface area contributed by atoms with Gasteiger partial charge in [-0.05, 0) is 30.2 Å². The van der Waals surface area contributed by atoms with Gasteiger partial charge in [0.15, 0.2) is 0 Å². The second-order valence-electron chi connectivity index (χ2n) is 4.18. The van der Waals surface area contributed by atoms with Gasteiger partial charge in [-0.25, -0.2) is 0 Å². The van der Waals surface area contributed by atoms with E-state index in [4.69, 9.17) is 28.9 Å². The lowest BCUT2D eigenvalue weighted by Crippen LogP contribution is -2.13. The summed E-state index contributed by atoms with van der Waals surface area (Å²) in [7, 11) is -3.73. The van der Waals surface area contributed by atoms with Gasteiger partial charge in [-0.15, -0.1) is 4.40 Å². The Bertz CT molecular complexity index is 625. The number of hydrogen-bond donors (Lipinski definition) is 1. The summed E-state index contributed by atoms with van der Waals surface area (Å²) in [6.45, 7) is 1.99. The Morgan fingerprint density at radius 1 is 1.35 bits per heavy atom. The van der Waals surface area contributed by atoms with Crippen molar-refractivity contribution in [3.63, 3.8) is 0 Å². The first-order valence-corrected chi connectivity index (χ1v) is 8.32. The minimum absolute atomic E-state index is 0.116. The fraction of sp³-hybridized carbons (Fsp3) is 0.308. The van der Waals surface area contributed by atoms with Crippen LogP contribution >= 0.6 is 23.2 Å². The fourth-order valence-corrected chi connectivity index (χ4v) is 2.49. The zero-order valence-corrected chi connectivity index (χ0v) is 13.3. The molecule has 0 saturated carbocycles. The number of unbranched alkanes of at least 4 members (excludes halogenated alkanes) is 1. The van der Waals surface area contributed by atoms with E-state index < -0.39 is 10.0 Å². The Morgan fingerprint density at radius 2 is 2.05 bits per heavy atom. The van der Waals surface area contributed by atoms with E-state index in [1.807, 2.05) is 6.92 Å². The van der Waals surface area contributed by atoms with Crippen molar-refractivity contribution in [2.45, 2.75) is 26.2 Å². The van der Waals surface area contributed by atoms with Gasteiger partial charge in [0.2, 0.25) is 0 Å². The van der Waals surface area contributed by atoms with Gasteiger partial charge in [0.1, 0.15) is 5.84 Å². The molecule has 1 rings (SSSR count). The van der Waals surface area contributed by atoms with Gasteiger partial charge in [0.25, 0.3) is 10.0 Å². The summed E-state index contributed by atoms with van der Waals surface area (Å²) in [5.74, 6) is 0.116. The third kappa shape index (κ3) is 5.94. The van der Waals surface area contributed by atoms with Crippen LogP contribution in [0.25, 0.3) is 6.08 Å². The molecule has 1 aromatic rings.